The molecule has 0 aliphatic carbocycles. The predicted molar refractivity (Wildman–Crippen MR) is 131 cm³/mol. The van der Waals surface area contributed by atoms with Crippen molar-refractivity contribution in [2.75, 3.05) is 19.8 Å². The van der Waals surface area contributed by atoms with Gasteiger partial charge in [0.15, 0.2) is 0 Å². The molecule has 0 radical (unpaired) electrons. The van der Waals surface area contributed by atoms with Crippen LogP contribution in [-0.4, -0.2) is 36.8 Å². The molecule has 34 heavy (non-hydrogen) atoms. The van der Waals surface area contributed by atoms with E-state index in [9.17, 15) is 9.59 Å². The molecule has 1 atom stereocenters. The highest BCUT2D eigenvalue weighted by Gasteiger charge is 2.44. The van der Waals surface area contributed by atoms with Gasteiger partial charge in [-0.25, -0.2) is 9.59 Å². The minimum atomic E-state index is -0.801. The van der Waals surface area contributed by atoms with Crippen molar-refractivity contribution in [3.63, 3.8) is 0 Å². The zero-order chi connectivity index (χ0) is 24.1. The Labute approximate surface area is 203 Å². The first-order valence-electron chi connectivity index (χ1n) is 11.1. The Balaban J connectivity index is 1.79. The summed E-state index contributed by atoms with van der Waals surface area (Å²) in [4.78, 5) is 28.3. The molecule has 0 bridgehead atoms. The fourth-order valence-corrected chi connectivity index (χ4v) is 5.26. The van der Waals surface area contributed by atoms with E-state index in [1.807, 2.05) is 54.3 Å². The SMILES string of the molecule is C=CCN1C(C)=C(OC(=O)OCC)C(c2ccccc2SCc2ccccc2)C2=C1COC2=O. The molecule has 4 rings (SSSR count). The highest BCUT2D eigenvalue weighted by molar-refractivity contribution is 7.98. The number of carbonyl (C=O) groups is 2. The first kappa shape index (κ1) is 23.7. The Morgan fingerprint density at radius 2 is 1.94 bits per heavy atom. The number of nitrogens with zero attached hydrogens (tertiary/aromatic N) is 1. The molecule has 0 amide bonds. The lowest BCUT2D eigenvalue weighted by Crippen LogP contribution is -2.32. The fourth-order valence-electron chi connectivity index (χ4n) is 4.22. The van der Waals surface area contributed by atoms with Crippen LogP contribution in [0.1, 0.15) is 30.9 Å². The second kappa shape index (κ2) is 10.7. The molecule has 2 aromatic carbocycles. The molecule has 2 aliphatic heterocycles. The van der Waals surface area contributed by atoms with E-state index in [0.29, 0.717) is 17.9 Å². The number of cyclic esters (lactones) is 1. The lowest BCUT2D eigenvalue weighted by atomic mass is 9.85. The van der Waals surface area contributed by atoms with Crippen LogP contribution in [0.25, 0.3) is 0 Å². The van der Waals surface area contributed by atoms with Gasteiger partial charge in [-0.2, -0.15) is 0 Å². The summed E-state index contributed by atoms with van der Waals surface area (Å²) in [6.07, 6.45) is 0.938. The molecule has 2 heterocycles. The van der Waals surface area contributed by atoms with Gasteiger partial charge in [-0.3, -0.25) is 0 Å². The molecule has 176 valence electrons. The average Bonchev–Trinajstić information content (AvgIpc) is 3.22. The van der Waals surface area contributed by atoms with Crippen LogP contribution in [0.5, 0.6) is 0 Å². The van der Waals surface area contributed by atoms with Crippen molar-refractivity contribution in [1.29, 1.82) is 0 Å². The van der Waals surface area contributed by atoms with Gasteiger partial charge in [-0.05, 0) is 31.0 Å². The number of hydrogen-bond donors (Lipinski definition) is 0. The van der Waals surface area contributed by atoms with E-state index < -0.39 is 18.0 Å². The third kappa shape index (κ3) is 4.75. The van der Waals surface area contributed by atoms with Crippen molar-refractivity contribution < 1.29 is 23.8 Å². The van der Waals surface area contributed by atoms with Crippen LogP contribution in [-0.2, 0) is 24.8 Å². The number of esters is 1. The van der Waals surface area contributed by atoms with E-state index in [1.165, 1.54) is 5.56 Å². The highest BCUT2D eigenvalue weighted by atomic mass is 32.2. The van der Waals surface area contributed by atoms with E-state index in [-0.39, 0.29) is 13.2 Å². The third-order valence-electron chi connectivity index (χ3n) is 5.74. The van der Waals surface area contributed by atoms with Gasteiger partial charge in [-0.15, -0.1) is 18.3 Å². The molecular formula is C27H27NO5S. The van der Waals surface area contributed by atoms with Gasteiger partial charge in [0.1, 0.15) is 12.4 Å². The Morgan fingerprint density at radius 1 is 1.21 bits per heavy atom. The summed E-state index contributed by atoms with van der Waals surface area (Å²) in [5, 5.41) is 0. The Hall–Kier alpha value is -3.45. The van der Waals surface area contributed by atoms with Gasteiger partial charge in [0, 0.05) is 17.2 Å². The van der Waals surface area contributed by atoms with Crippen LogP contribution in [0.2, 0.25) is 0 Å². The van der Waals surface area contributed by atoms with Crippen molar-refractivity contribution in [2.24, 2.45) is 0 Å². The normalized spacial score (nSPS) is 17.4. The quantitative estimate of drug-likeness (QED) is 0.271. The van der Waals surface area contributed by atoms with E-state index in [1.54, 1.807) is 24.8 Å². The Bertz CT molecular complexity index is 1150. The van der Waals surface area contributed by atoms with Crippen LogP contribution in [0.4, 0.5) is 4.79 Å². The number of hydrogen-bond acceptors (Lipinski definition) is 7. The topological polar surface area (TPSA) is 65.1 Å². The van der Waals surface area contributed by atoms with Crippen LogP contribution in [0, 0.1) is 0 Å². The standard InChI is InChI=1S/C27H27NO5S/c1-4-15-28-18(3)25(33-27(30)31-5-2)23(24-21(28)16-32-26(24)29)20-13-9-10-14-22(20)34-17-19-11-7-6-8-12-19/h4,6-14,23H,1,5,15-17H2,2-3H3. The maximum atomic E-state index is 13.0. The summed E-state index contributed by atoms with van der Waals surface area (Å²) < 4.78 is 16.3. The zero-order valence-corrected chi connectivity index (χ0v) is 20.1. The Kier molecular flexibility index (Phi) is 7.43. The molecule has 0 spiro atoms. The number of ether oxygens (including phenoxy) is 3. The average molecular weight is 478 g/mol. The van der Waals surface area contributed by atoms with E-state index in [0.717, 1.165) is 27.6 Å². The summed E-state index contributed by atoms with van der Waals surface area (Å²) >= 11 is 1.67. The van der Waals surface area contributed by atoms with Crippen molar-refractivity contribution in [3.8, 4) is 0 Å². The molecule has 6 nitrogen and oxygen atoms in total. The summed E-state index contributed by atoms with van der Waals surface area (Å²) in [5.74, 6) is 0.135. The summed E-state index contributed by atoms with van der Waals surface area (Å²) in [6, 6.07) is 18.1. The van der Waals surface area contributed by atoms with Crippen molar-refractivity contribution in [3.05, 3.63) is 101 Å². The molecular weight excluding hydrogens is 450 g/mol. The van der Waals surface area contributed by atoms with E-state index in [4.69, 9.17) is 14.2 Å². The molecule has 0 fully saturated rings. The Morgan fingerprint density at radius 3 is 2.68 bits per heavy atom. The highest BCUT2D eigenvalue weighted by Crippen LogP contribution is 2.47. The fraction of sp³-hybridized carbons (Fsp3) is 0.259. The molecule has 0 saturated carbocycles. The van der Waals surface area contributed by atoms with Crippen LogP contribution in [0.15, 0.2) is 94.9 Å². The van der Waals surface area contributed by atoms with Gasteiger partial charge in [0.2, 0.25) is 0 Å². The van der Waals surface area contributed by atoms with Gasteiger partial charge >= 0.3 is 12.1 Å². The molecule has 0 aromatic heterocycles. The van der Waals surface area contributed by atoms with Crippen molar-refractivity contribution in [1.82, 2.24) is 4.90 Å². The molecule has 2 aliphatic rings. The molecule has 0 N–H and O–H groups in total. The number of allylic oxidation sites excluding steroid dienone is 2. The van der Waals surface area contributed by atoms with Gasteiger partial charge in [-0.1, -0.05) is 54.6 Å². The number of rotatable bonds is 8. The summed E-state index contributed by atoms with van der Waals surface area (Å²) in [5.41, 5.74) is 4.05. The van der Waals surface area contributed by atoms with Crippen molar-refractivity contribution in [2.45, 2.75) is 30.4 Å². The van der Waals surface area contributed by atoms with Crippen LogP contribution < -0.4 is 0 Å². The van der Waals surface area contributed by atoms with Gasteiger partial charge in [0.25, 0.3) is 0 Å². The maximum absolute atomic E-state index is 13.0. The maximum Gasteiger partial charge on any atom is 0.513 e. The number of thioether (sulfide) groups is 1. The third-order valence-corrected chi connectivity index (χ3v) is 6.90. The molecule has 7 heteroatoms. The summed E-state index contributed by atoms with van der Waals surface area (Å²) in [7, 11) is 0. The minimum absolute atomic E-state index is 0.169. The monoisotopic (exact) mass is 477 g/mol. The first-order valence-corrected chi connectivity index (χ1v) is 12.1. The van der Waals surface area contributed by atoms with Gasteiger partial charge < -0.3 is 19.1 Å². The molecule has 2 aromatic rings. The summed E-state index contributed by atoms with van der Waals surface area (Å²) in [6.45, 7) is 8.23. The molecule has 1 unspecified atom stereocenters. The smallest absolute Gasteiger partial charge is 0.456 e. The lowest BCUT2D eigenvalue weighted by Gasteiger charge is -2.35. The van der Waals surface area contributed by atoms with Crippen molar-refractivity contribution >= 4 is 23.9 Å². The largest absolute Gasteiger partial charge is 0.513 e. The first-order chi connectivity index (χ1) is 16.5. The van der Waals surface area contributed by atoms with Crippen LogP contribution >= 0.6 is 11.8 Å². The van der Waals surface area contributed by atoms with Crippen LogP contribution in [0.3, 0.4) is 0 Å². The zero-order valence-electron chi connectivity index (χ0n) is 19.3. The van der Waals surface area contributed by atoms with E-state index >= 15 is 0 Å². The number of carbonyl (C=O) groups excluding carboxylic acids is 2. The molecule has 0 saturated heterocycles. The number of benzene rings is 2. The lowest BCUT2D eigenvalue weighted by molar-refractivity contribution is -0.136. The predicted octanol–water partition coefficient (Wildman–Crippen LogP) is 5.78. The van der Waals surface area contributed by atoms with Gasteiger partial charge in [0.05, 0.1) is 29.5 Å². The minimum Gasteiger partial charge on any atom is -0.456 e. The second-order valence-corrected chi connectivity index (χ2v) is 8.83. The van der Waals surface area contributed by atoms with E-state index in [2.05, 4.69) is 18.7 Å². The second-order valence-electron chi connectivity index (χ2n) is 7.82.